The molecule has 0 spiro atoms. The van der Waals surface area contributed by atoms with E-state index in [4.69, 9.17) is 5.84 Å². The summed E-state index contributed by atoms with van der Waals surface area (Å²) in [5.74, 6) is 5.38. The maximum absolute atomic E-state index is 13.3. The van der Waals surface area contributed by atoms with Crippen LogP contribution in [0.5, 0.6) is 0 Å². The molecular weight excluding hydrogens is 307 g/mol. The number of benzene rings is 2. The lowest BCUT2D eigenvalue weighted by Gasteiger charge is -2.19. The molecule has 2 rings (SSSR count). The lowest BCUT2D eigenvalue weighted by atomic mass is 9.96. The molecule has 2 nitrogen and oxygen atoms in total. The smallest absolute Gasteiger partial charge is 0.123 e. The van der Waals surface area contributed by atoms with Crippen LogP contribution < -0.4 is 11.3 Å². The van der Waals surface area contributed by atoms with Crippen molar-refractivity contribution in [3.63, 3.8) is 0 Å². The molecule has 0 aliphatic rings. The normalized spacial score (nSPS) is 12.5. The predicted molar refractivity (Wildman–Crippen MR) is 79.2 cm³/mol. The third kappa shape index (κ3) is 3.03. The molecule has 1 atom stereocenters. The molecule has 3 N–H and O–H groups in total. The first-order chi connectivity index (χ1) is 9.02. The molecule has 100 valence electrons. The van der Waals surface area contributed by atoms with Crippen LogP contribution in [-0.4, -0.2) is 0 Å². The Balaban J connectivity index is 2.48. The summed E-state index contributed by atoms with van der Waals surface area (Å²) in [6, 6.07) is 10.3. The molecule has 0 radical (unpaired) electrons. The first-order valence-electron chi connectivity index (χ1n) is 6.01. The zero-order chi connectivity index (χ0) is 14.0. The molecule has 0 amide bonds. The summed E-state index contributed by atoms with van der Waals surface area (Å²) in [4.78, 5) is 0. The quantitative estimate of drug-likeness (QED) is 0.667. The standard InChI is InChI=1S/C15H16BrFN2/c1-9-6-12(7-10(2)14(9)16)15(19-18)11-4-3-5-13(17)8-11/h3-8,15,19H,18H2,1-2H3. The van der Waals surface area contributed by atoms with Gasteiger partial charge in [0.1, 0.15) is 5.82 Å². The minimum absolute atomic E-state index is 0.221. The highest BCUT2D eigenvalue weighted by Crippen LogP contribution is 2.28. The Morgan fingerprint density at radius 2 is 1.74 bits per heavy atom. The SMILES string of the molecule is Cc1cc(C(NN)c2cccc(F)c2)cc(C)c1Br. The van der Waals surface area contributed by atoms with Crippen LogP contribution in [0, 0.1) is 19.7 Å². The van der Waals surface area contributed by atoms with Crippen molar-refractivity contribution in [2.75, 3.05) is 0 Å². The van der Waals surface area contributed by atoms with Gasteiger partial charge < -0.3 is 0 Å². The molecule has 0 aliphatic carbocycles. The van der Waals surface area contributed by atoms with E-state index in [-0.39, 0.29) is 11.9 Å². The summed E-state index contributed by atoms with van der Waals surface area (Å²) < 4.78 is 14.4. The van der Waals surface area contributed by atoms with E-state index >= 15 is 0 Å². The molecule has 0 fully saturated rings. The Hall–Kier alpha value is -1.23. The summed E-state index contributed by atoms with van der Waals surface area (Å²) in [6.07, 6.45) is 0. The lowest BCUT2D eigenvalue weighted by molar-refractivity contribution is 0.605. The molecule has 0 bridgehead atoms. The number of nitrogens with two attached hydrogens (primary N) is 1. The topological polar surface area (TPSA) is 38.0 Å². The van der Waals surface area contributed by atoms with Crippen LogP contribution in [0.4, 0.5) is 4.39 Å². The fourth-order valence-electron chi connectivity index (χ4n) is 2.22. The van der Waals surface area contributed by atoms with E-state index in [1.165, 1.54) is 12.1 Å². The van der Waals surface area contributed by atoms with E-state index in [0.29, 0.717) is 0 Å². The molecule has 2 aromatic carbocycles. The second kappa shape index (κ2) is 5.82. The molecule has 2 aromatic rings. The highest BCUT2D eigenvalue weighted by Gasteiger charge is 2.15. The van der Waals surface area contributed by atoms with E-state index in [1.54, 1.807) is 6.07 Å². The van der Waals surface area contributed by atoms with E-state index in [0.717, 1.165) is 26.7 Å². The van der Waals surface area contributed by atoms with E-state index in [9.17, 15) is 4.39 Å². The third-order valence-electron chi connectivity index (χ3n) is 3.14. The highest BCUT2D eigenvalue weighted by atomic mass is 79.9. The second-order valence-electron chi connectivity index (χ2n) is 4.62. The minimum atomic E-state index is -0.261. The van der Waals surface area contributed by atoms with E-state index in [1.807, 2.05) is 32.0 Å². The van der Waals surface area contributed by atoms with Gasteiger partial charge in [-0.2, -0.15) is 0 Å². The predicted octanol–water partition coefficient (Wildman–Crippen LogP) is 3.76. The van der Waals surface area contributed by atoms with Gasteiger partial charge in [0.05, 0.1) is 6.04 Å². The number of hydrogen-bond acceptors (Lipinski definition) is 2. The third-order valence-corrected chi connectivity index (χ3v) is 4.39. The summed E-state index contributed by atoms with van der Waals surface area (Å²) in [5, 5.41) is 0. The van der Waals surface area contributed by atoms with Gasteiger partial charge in [0.25, 0.3) is 0 Å². The highest BCUT2D eigenvalue weighted by molar-refractivity contribution is 9.10. The van der Waals surface area contributed by atoms with Crippen molar-refractivity contribution >= 4 is 15.9 Å². The molecule has 0 heterocycles. The summed E-state index contributed by atoms with van der Waals surface area (Å²) in [5.41, 5.74) is 6.84. The van der Waals surface area contributed by atoms with Gasteiger partial charge in [0.2, 0.25) is 0 Å². The minimum Gasteiger partial charge on any atom is -0.271 e. The van der Waals surface area contributed by atoms with E-state index < -0.39 is 0 Å². The maximum atomic E-state index is 13.3. The summed E-state index contributed by atoms with van der Waals surface area (Å²) >= 11 is 3.54. The van der Waals surface area contributed by atoms with Gasteiger partial charge in [-0.25, -0.2) is 9.82 Å². The van der Waals surface area contributed by atoms with Crippen LogP contribution in [-0.2, 0) is 0 Å². The monoisotopic (exact) mass is 322 g/mol. The van der Waals surface area contributed by atoms with Crippen molar-refractivity contribution in [3.8, 4) is 0 Å². The van der Waals surface area contributed by atoms with Crippen LogP contribution >= 0.6 is 15.9 Å². The largest absolute Gasteiger partial charge is 0.271 e. The molecule has 0 saturated heterocycles. The zero-order valence-corrected chi connectivity index (χ0v) is 12.5. The Morgan fingerprint density at radius 1 is 1.11 bits per heavy atom. The van der Waals surface area contributed by atoms with Crippen LogP contribution in [0.2, 0.25) is 0 Å². The Kier molecular flexibility index (Phi) is 4.34. The van der Waals surface area contributed by atoms with Gasteiger partial charge >= 0.3 is 0 Å². The Bertz CT molecular complexity index is 575. The zero-order valence-electron chi connectivity index (χ0n) is 10.9. The molecule has 4 heteroatoms. The van der Waals surface area contributed by atoms with Crippen molar-refractivity contribution in [3.05, 3.63) is 68.9 Å². The molecule has 19 heavy (non-hydrogen) atoms. The van der Waals surface area contributed by atoms with Crippen LogP contribution in [0.15, 0.2) is 40.9 Å². The first-order valence-corrected chi connectivity index (χ1v) is 6.80. The summed E-state index contributed by atoms with van der Waals surface area (Å²) in [6.45, 7) is 4.06. The van der Waals surface area contributed by atoms with Gasteiger partial charge in [-0.05, 0) is 48.2 Å². The first kappa shape index (κ1) is 14.2. The Morgan fingerprint density at radius 3 is 2.26 bits per heavy atom. The fraction of sp³-hybridized carbons (Fsp3) is 0.200. The number of hydrazine groups is 1. The molecule has 0 aromatic heterocycles. The number of halogens is 2. The molecule has 0 aliphatic heterocycles. The molecule has 0 saturated carbocycles. The molecule has 1 unspecified atom stereocenters. The average molecular weight is 323 g/mol. The lowest BCUT2D eigenvalue weighted by Crippen LogP contribution is -2.29. The summed E-state index contributed by atoms with van der Waals surface area (Å²) in [7, 11) is 0. The number of aryl methyl sites for hydroxylation is 2. The molecular formula is C15H16BrFN2. The van der Waals surface area contributed by atoms with Crippen molar-refractivity contribution in [2.45, 2.75) is 19.9 Å². The van der Waals surface area contributed by atoms with E-state index in [2.05, 4.69) is 21.4 Å². The number of nitrogens with one attached hydrogen (secondary N) is 1. The maximum Gasteiger partial charge on any atom is 0.123 e. The van der Waals surface area contributed by atoms with Gasteiger partial charge in [-0.3, -0.25) is 5.84 Å². The number of rotatable bonds is 3. The van der Waals surface area contributed by atoms with Gasteiger partial charge in [-0.15, -0.1) is 0 Å². The fourth-order valence-corrected chi connectivity index (χ4v) is 2.45. The van der Waals surface area contributed by atoms with Crippen molar-refractivity contribution in [2.24, 2.45) is 5.84 Å². The van der Waals surface area contributed by atoms with Gasteiger partial charge in [0, 0.05) is 4.47 Å². The van der Waals surface area contributed by atoms with Crippen LogP contribution in [0.1, 0.15) is 28.3 Å². The van der Waals surface area contributed by atoms with Gasteiger partial charge in [-0.1, -0.05) is 40.2 Å². The van der Waals surface area contributed by atoms with Crippen molar-refractivity contribution in [1.82, 2.24) is 5.43 Å². The van der Waals surface area contributed by atoms with Crippen LogP contribution in [0.25, 0.3) is 0 Å². The van der Waals surface area contributed by atoms with Gasteiger partial charge in [0.15, 0.2) is 0 Å². The Labute approximate surface area is 120 Å². The van der Waals surface area contributed by atoms with Crippen molar-refractivity contribution in [1.29, 1.82) is 0 Å². The van der Waals surface area contributed by atoms with Crippen LogP contribution in [0.3, 0.4) is 0 Å². The van der Waals surface area contributed by atoms with Crippen molar-refractivity contribution < 1.29 is 4.39 Å². The number of hydrogen-bond donors (Lipinski definition) is 2. The average Bonchev–Trinajstić information content (AvgIpc) is 2.37. The second-order valence-corrected chi connectivity index (χ2v) is 5.42.